The monoisotopic (exact) mass is 167 g/mol. The lowest BCUT2D eigenvalue weighted by molar-refractivity contribution is 0.465. The third kappa shape index (κ3) is 2.98. The van der Waals surface area contributed by atoms with Crippen molar-refractivity contribution in [2.75, 3.05) is 0 Å². The zero-order chi connectivity index (χ0) is 8.97. The maximum absolute atomic E-state index is 5.90. The molecule has 0 aromatic carbocycles. The Morgan fingerprint density at radius 3 is 2.58 bits per heavy atom. The van der Waals surface area contributed by atoms with Gasteiger partial charge in [-0.3, -0.25) is 0 Å². The van der Waals surface area contributed by atoms with Crippen LogP contribution in [0, 0.1) is 5.92 Å². The normalized spacial score (nSPS) is 21.2. The standard InChI is InChI=1S/C11H21N/c1-9(2)11(12)8-7-10-5-3-4-6-10/h10-11H,1,3-8,12H2,2H3. The van der Waals surface area contributed by atoms with E-state index < -0.39 is 0 Å². The van der Waals surface area contributed by atoms with Gasteiger partial charge in [-0.1, -0.05) is 37.8 Å². The lowest BCUT2D eigenvalue weighted by Crippen LogP contribution is -2.21. The third-order valence-corrected chi connectivity index (χ3v) is 2.99. The molecule has 70 valence electrons. The van der Waals surface area contributed by atoms with Gasteiger partial charge in [0.15, 0.2) is 0 Å². The second-order valence-electron chi connectivity index (χ2n) is 4.18. The van der Waals surface area contributed by atoms with Crippen molar-refractivity contribution in [2.45, 2.75) is 51.5 Å². The summed E-state index contributed by atoms with van der Waals surface area (Å²) in [4.78, 5) is 0. The molecule has 0 heterocycles. The van der Waals surface area contributed by atoms with E-state index in [2.05, 4.69) is 6.58 Å². The fraction of sp³-hybridized carbons (Fsp3) is 0.818. The van der Waals surface area contributed by atoms with Gasteiger partial charge in [-0.25, -0.2) is 0 Å². The average Bonchev–Trinajstić information content (AvgIpc) is 2.51. The molecule has 1 unspecified atom stereocenters. The van der Waals surface area contributed by atoms with Crippen LogP contribution >= 0.6 is 0 Å². The van der Waals surface area contributed by atoms with Gasteiger partial charge in [-0.05, 0) is 25.7 Å². The molecule has 0 aromatic rings. The number of nitrogens with two attached hydrogens (primary N) is 1. The van der Waals surface area contributed by atoms with Crippen molar-refractivity contribution in [2.24, 2.45) is 11.7 Å². The van der Waals surface area contributed by atoms with Crippen LogP contribution < -0.4 is 5.73 Å². The van der Waals surface area contributed by atoms with E-state index in [9.17, 15) is 0 Å². The summed E-state index contributed by atoms with van der Waals surface area (Å²) in [6.45, 7) is 5.90. The van der Waals surface area contributed by atoms with Crippen molar-refractivity contribution in [3.63, 3.8) is 0 Å². The van der Waals surface area contributed by atoms with Gasteiger partial charge >= 0.3 is 0 Å². The van der Waals surface area contributed by atoms with E-state index in [1.54, 1.807) is 0 Å². The quantitative estimate of drug-likeness (QED) is 0.640. The molecule has 1 atom stereocenters. The van der Waals surface area contributed by atoms with E-state index >= 15 is 0 Å². The predicted molar refractivity (Wildman–Crippen MR) is 54.0 cm³/mol. The summed E-state index contributed by atoms with van der Waals surface area (Å²) in [6, 6.07) is 0.241. The van der Waals surface area contributed by atoms with Gasteiger partial charge in [0.2, 0.25) is 0 Å². The fourth-order valence-electron chi connectivity index (χ4n) is 1.96. The third-order valence-electron chi connectivity index (χ3n) is 2.99. The molecule has 1 heteroatoms. The Labute approximate surface area is 76.0 Å². The Morgan fingerprint density at radius 2 is 2.08 bits per heavy atom. The summed E-state index contributed by atoms with van der Waals surface area (Å²) in [5, 5.41) is 0. The first-order chi connectivity index (χ1) is 5.70. The van der Waals surface area contributed by atoms with Crippen LogP contribution in [-0.4, -0.2) is 6.04 Å². The zero-order valence-corrected chi connectivity index (χ0v) is 8.18. The van der Waals surface area contributed by atoms with Crippen LogP contribution in [0.25, 0.3) is 0 Å². The summed E-state index contributed by atoms with van der Waals surface area (Å²) in [5.41, 5.74) is 7.03. The Kier molecular flexibility index (Phi) is 3.80. The number of hydrogen-bond acceptors (Lipinski definition) is 1. The first-order valence-corrected chi connectivity index (χ1v) is 5.11. The van der Waals surface area contributed by atoms with Crippen molar-refractivity contribution in [3.8, 4) is 0 Å². The van der Waals surface area contributed by atoms with E-state index in [0.29, 0.717) is 0 Å². The maximum atomic E-state index is 5.90. The minimum absolute atomic E-state index is 0.241. The minimum Gasteiger partial charge on any atom is -0.324 e. The smallest absolute Gasteiger partial charge is 0.0248 e. The Morgan fingerprint density at radius 1 is 1.50 bits per heavy atom. The van der Waals surface area contributed by atoms with E-state index in [1.165, 1.54) is 32.1 Å². The molecule has 1 nitrogen and oxygen atoms in total. The largest absolute Gasteiger partial charge is 0.324 e. The van der Waals surface area contributed by atoms with Gasteiger partial charge in [0.1, 0.15) is 0 Å². The zero-order valence-electron chi connectivity index (χ0n) is 8.18. The van der Waals surface area contributed by atoms with Gasteiger partial charge < -0.3 is 5.73 Å². The highest BCUT2D eigenvalue weighted by Crippen LogP contribution is 2.29. The molecule has 0 aromatic heterocycles. The Hall–Kier alpha value is -0.300. The van der Waals surface area contributed by atoms with Crippen molar-refractivity contribution in [3.05, 3.63) is 12.2 Å². The SMILES string of the molecule is C=C(C)C(N)CCC1CCCC1. The summed E-state index contributed by atoms with van der Waals surface area (Å²) >= 11 is 0. The van der Waals surface area contributed by atoms with Gasteiger partial charge in [-0.2, -0.15) is 0 Å². The molecule has 1 rings (SSSR count). The van der Waals surface area contributed by atoms with Crippen LogP contribution in [0.1, 0.15) is 45.4 Å². The highest BCUT2D eigenvalue weighted by Gasteiger charge is 2.15. The average molecular weight is 167 g/mol. The van der Waals surface area contributed by atoms with E-state index in [-0.39, 0.29) is 6.04 Å². The summed E-state index contributed by atoms with van der Waals surface area (Å²) in [7, 11) is 0. The molecular weight excluding hydrogens is 146 g/mol. The molecule has 0 bridgehead atoms. The molecule has 0 spiro atoms. The summed E-state index contributed by atoms with van der Waals surface area (Å²) < 4.78 is 0. The second kappa shape index (κ2) is 4.66. The molecule has 0 saturated heterocycles. The molecular formula is C11H21N. The summed E-state index contributed by atoms with van der Waals surface area (Å²) in [5.74, 6) is 0.968. The van der Waals surface area contributed by atoms with Crippen LogP contribution in [-0.2, 0) is 0 Å². The van der Waals surface area contributed by atoms with Crippen LogP contribution in [0.4, 0.5) is 0 Å². The first-order valence-electron chi connectivity index (χ1n) is 5.11. The first kappa shape index (κ1) is 9.79. The lowest BCUT2D eigenvalue weighted by atomic mass is 9.96. The molecule has 12 heavy (non-hydrogen) atoms. The van der Waals surface area contributed by atoms with Gasteiger partial charge in [0, 0.05) is 6.04 Å². The van der Waals surface area contributed by atoms with Crippen molar-refractivity contribution in [1.82, 2.24) is 0 Å². The molecule has 0 radical (unpaired) electrons. The van der Waals surface area contributed by atoms with Crippen molar-refractivity contribution >= 4 is 0 Å². The number of hydrogen-bond donors (Lipinski definition) is 1. The number of rotatable bonds is 4. The lowest BCUT2D eigenvalue weighted by Gasteiger charge is -2.14. The van der Waals surface area contributed by atoms with Crippen LogP contribution in [0.5, 0.6) is 0 Å². The van der Waals surface area contributed by atoms with Gasteiger partial charge in [0.25, 0.3) is 0 Å². The highest BCUT2D eigenvalue weighted by atomic mass is 14.6. The highest BCUT2D eigenvalue weighted by molar-refractivity contribution is 4.99. The summed E-state index contributed by atoms with van der Waals surface area (Å²) in [6.07, 6.45) is 8.19. The second-order valence-corrected chi connectivity index (χ2v) is 4.18. The fourth-order valence-corrected chi connectivity index (χ4v) is 1.96. The maximum Gasteiger partial charge on any atom is 0.0248 e. The Bertz CT molecular complexity index is 145. The van der Waals surface area contributed by atoms with Crippen molar-refractivity contribution < 1.29 is 0 Å². The topological polar surface area (TPSA) is 26.0 Å². The van der Waals surface area contributed by atoms with Crippen LogP contribution in [0.15, 0.2) is 12.2 Å². The van der Waals surface area contributed by atoms with Crippen molar-refractivity contribution in [1.29, 1.82) is 0 Å². The van der Waals surface area contributed by atoms with Gasteiger partial charge in [-0.15, -0.1) is 0 Å². The van der Waals surface area contributed by atoms with E-state index in [1.807, 2.05) is 6.92 Å². The molecule has 2 N–H and O–H groups in total. The molecule has 1 fully saturated rings. The van der Waals surface area contributed by atoms with E-state index in [0.717, 1.165) is 17.9 Å². The molecule has 1 aliphatic carbocycles. The molecule has 0 amide bonds. The minimum atomic E-state index is 0.241. The van der Waals surface area contributed by atoms with Gasteiger partial charge in [0.05, 0.1) is 0 Å². The van der Waals surface area contributed by atoms with E-state index in [4.69, 9.17) is 5.73 Å². The predicted octanol–water partition coefficient (Wildman–Crippen LogP) is 2.86. The molecule has 1 saturated carbocycles. The van der Waals surface area contributed by atoms with Crippen LogP contribution in [0.2, 0.25) is 0 Å². The molecule has 1 aliphatic rings. The van der Waals surface area contributed by atoms with Crippen LogP contribution in [0.3, 0.4) is 0 Å². The Balaban J connectivity index is 2.11. The molecule has 0 aliphatic heterocycles.